The molecule has 4 nitrogen and oxygen atoms in total. The largest absolute Gasteiger partial charge is 0.481 e. The minimum absolute atomic E-state index is 0.0688. The number of hydrogen-bond donors (Lipinski definition) is 1. The van der Waals surface area contributed by atoms with Crippen molar-refractivity contribution in [3.8, 4) is 5.75 Å². The lowest BCUT2D eigenvalue weighted by atomic mass is 10.1. The average molecular weight is 319 g/mol. The predicted octanol–water partition coefficient (Wildman–Crippen LogP) is 3.57. The van der Waals surface area contributed by atoms with Gasteiger partial charge in [-0.3, -0.25) is 9.59 Å². The fraction of sp³-hybridized carbons (Fsp3) is 0.176. The van der Waals surface area contributed by atoms with E-state index in [4.69, 9.17) is 4.74 Å². The zero-order valence-electron chi connectivity index (χ0n) is 12.6. The van der Waals surface area contributed by atoms with Gasteiger partial charge in [0.05, 0.1) is 0 Å². The summed E-state index contributed by atoms with van der Waals surface area (Å²) >= 11 is 0. The molecule has 23 heavy (non-hydrogen) atoms. The summed E-state index contributed by atoms with van der Waals surface area (Å²) < 4.78 is 31.4. The number of benzene rings is 2. The topological polar surface area (TPSA) is 55.4 Å². The van der Waals surface area contributed by atoms with Crippen LogP contribution in [0.25, 0.3) is 0 Å². The van der Waals surface area contributed by atoms with Gasteiger partial charge in [-0.1, -0.05) is 0 Å². The van der Waals surface area contributed by atoms with Crippen molar-refractivity contribution < 1.29 is 23.1 Å². The predicted molar refractivity (Wildman–Crippen MR) is 81.5 cm³/mol. The second-order valence-corrected chi connectivity index (χ2v) is 4.96. The van der Waals surface area contributed by atoms with Crippen molar-refractivity contribution in [1.82, 2.24) is 0 Å². The number of Topliss-reactive ketones (excluding diaryl/α,β-unsaturated/α-hetero) is 1. The van der Waals surface area contributed by atoms with Crippen molar-refractivity contribution in [3.05, 3.63) is 59.7 Å². The van der Waals surface area contributed by atoms with E-state index in [0.717, 1.165) is 12.1 Å². The monoisotopic (exact) mass is 319 g/mol. The lowest BCUT2D eigenvalue weighted by Crippen LogP contribution is -2.30. The Balaban J connectivity index is 1.99. The van der Waals surface area contributed by atoms with Gasteiger partial charge in [0.1, 0.15) is 5.75 Å². The number of ether oxygens (including phenoxy) is 1. The number of carbonyl (C=O) groups is 2. The Bertz CT molecular complexity index is 729. The zero-order chi connectivity index (χ0) is 17.0. The van der Waals surface area contributed by atoms with Crippen molar-refractivity contribution in [2.45, 2.75) is 20.0 Å². The number of nitrogens with one attached hydrogen (secondary N) is 1. The van der Waals surface area contributed by atoms with E-state index < -0.39 is 23.6 Å². The van der Waals surface area contributed by atoms with E-state index in [1.54, 1.807) is 24.3 Å². The third kappa shape index (κ3) is 4.35. The molecule has 1 atom stereocenters. The normalized spacial score (nSPS) is 11.7. The van der Waals surface area contributed by atoms with Crippen LogP contribution in [0.4, 0.5) is 14.5 Å². The Morgan fingerprint density at radius 1 is 1.04 bits per heavy atom. The number of amides is 1. The van der Waals surface area contributed by atoms with E-state index in [1.807, 2.05) is 0 Å². The second kappa shape index (κ2) is 7.00. The van der Waals surface area contributed by atoms with Gasteiger partial charge in [-0.05, 0) is 50.2 Å². The maximum atomic E-state index is 13.1. The van der Waals surface area contributed by atoms with Crippen LogP contribution < -0.4 is 10.1 Å². The molecule has 0 radical (unpaired) electrons. The maximum Gasteiger partial charge on any atom is 0.265 e. The first-order valence-electron chi connectivity index (χ1n) is 6.90. The standard InChI is InChI=1S/C17H15F2NO3/c1-10(21)12-3-6-14(7-4-12)23-11(2)17(22)20-13-5-8-15(18)16(19)9-13/h3-9,11H,1-2H3,(H,20,22). The summed E-state index contributed by atoms with van der Waals surface area (Å²) in [7, 11) is 0. The number of ketones is 1. The summed E-state index contributed by atoms with van der Waals surface area (Å²) in [6, 6.07) is 9.43. The SMILES string of the molecule is CC(=O)c1ccc(OC(C)C(=O)Nc2ccc(F)c(F)c2)cc1. The third-order valence-corrected chi connectivity index (χ3v) is 3.13. The van der Waals surface area contributed by atoms with Gasteiger partial charge >= 0.3 is 0 Å². The van der Waals surface area contributed by atoms with Crippen LogP contribution in [-0.4, -0.2) is 17.8 Å². The second-order valence-electron chi connectivity index (χ2n) is 4.96. The van der Waals surface area contributed by atoms with Crippen LogP contribution in [0.15, 0.2) is 42.5 Å². The Hall–Kier alpha value is -2.76. The van der Waals surface area contributed by atoms with Crippen LogP contribution in [0, 0.1) is 11.6 Å². The number of carbonyl (C=O) groups excluding carboxylic acids is 2. The minimum Gasteiger partial charge on any atom is -0.481 e. The Morgan fingerprint density at radius 3 is 2.26 bits per heavy atom. The summed E-state index contributed by atoms with van der Waals surface area (Å²) in [6.45, 7) is 2.97. The van der Waals surface area contributed by atoms with Gasteiger partial charge in [0, 0.05) is 17.3 Å². The highest BCUT2D eigenvalue weighted by molar-refractivity contribution is 5.94. The van der Waals surface area contributed by atoms with E-state index in [2.05, 4.69) is 5.32 Å². The number of halogens is 2. The van der Waals surface area contributed by atoms with Crippen LogP contribution in [0.5, 0.6) is 5.75 Å². The molecule has 0 saturated carbocycles. The highest BCUT2D eigenvalue weighted by Crippen LogP contribution is 2.16. The molecule has 1 N–H and O–H groups in total. The molecule has 0 saturated heterocycles. The van der Waals surface area contributed by atoms with Gasteiger partial charge in [0.15, 0.2) is 23.5 Å². The van der Waals surface area contributed by atoms with E-state index in [1.165, 1.54) is 19.9 Å². The van der Waals surface area contributed by atoms with E-state index in [9.17, 15) is 18.4 Å². The van der Waals surface area contributed by atoms with E-state index in [-0.39, 0.29) is 11.5 Å². The first-order chi connectivity index (χ1) is 10.9. The molecule has 2 aromatic rings. The highest BCUT2D eigenvalue weighted by Gasteiger charge is 2.16. The smallest absolute Gasteiger partial charge is 0.265 e. The molecule has 0 bridgehead atoms. The quantitative estimate of drug-likeness (QED) is 0.857. The Kier molecular flexibility index (Phi) is 5.05. The first kappa shape index (κ1) is 16.6. The summed E-state index contributed by atoms with van der Waals surface area (Å²) in [4.78, 5) is 23.2. The molecular formula is C17H15F2NO3. The van der Waals surface area contributed by atoms with E-state index >= 15 is 0 Å². The molecule has 2 aromatic carbocycles. The van der Waals surface area contributed by atoms with Crippen molar-refractivity contribution in [1.29, 1.82) is 0 Å². The summed E-state index contributed by atoms with van der Waals surface area (Å²) in [5.74, 6) is -2.19. The van der Waals surface area contributed by atoms with Gasteiger partial charge < -0.3 is 10.1 Å². The Morgan fingerprint density at radius 2 is 1.70 bits per heavy atom. The molecule has 0 spiro atoms. The van der Waals surface area contributed by atoms with Crippen LogP contribution in [0.1, 0.15) is 24.2 Å². The number of anilines is 1. The molecule has 0 aliphatic heterocycles. The molecule has 0 heterocycles. The van der Waals surface area contributed by atoms with Crippen LogP contribution in [-0.2, 0) is 4.79 Å². The lowest BCUT2D eigenvalue weighted by Gasteiger charge is -2.15. The third-order valence-electron chi connectivity index (χ3n) is 3.13. The van der Waals surface area contributed by atoms with Gasteiger partial charge in [-0.15, -0.1) is 0 Å². The van der Waals surface area contributed by atoms with Gasteiger partial charge in [0.25, 0.3) is 5.91 Å². The summed E-state index contributed by atoms with van der Waals surface area (Å²) in [6.07, 6.45) is -0.855. The minimum atomic E-state index is -1.05. The first-order valence-corrected chi connectivity index (χ1v) is 6.90. The molecule has 120 valence electrons. The summed E-state index contributed by atoms with van der Waals surface area (Å²) in [5, 5.41) is 2.43. The van der Waals surface area contributed by atoms with Gasteiger partial charge in [-0.2, -0.15) is 0 Å². The molecule has 1 unspecified atom stereocenters. The Labute approximate surface area is 132 Å². The fourth-order valence-electron chi connectivity index (χ4n) is 1.84. The lowest BCUT2D eigenvalue weighted by molar-refractivity contribution is -0.122. The maximum absolute atomic E-state index is 13.1. The van der Waals surface area contributed by atoms with Crippen molar-refractivity contribution in [3.63, 3.8) is 0 Å². The van der Waals surface area contributed by atoms with E-state index in [0.29, 0.717) is 11.3 Å². The van der Waals surface area contributed by atoms with Crippen LogP contribution in [0.2, 0.25) is 0 Å². The molecule has 0 aliphatic rings. The molecular weight excluding hydrogens is 304 g/mol. The molecule has 1 amide bonds. The molecule has 0 aliphatic carbocycles. The van der Waals surface area contributed by atoms with Crippen molar-refractivity contribution >= 4 is 17.4 Å². The van der Waals surface area contributed by atoms with Crippen LogP contribution >= 0.6 is 0 Å². The highest BCUT2D eigenvalue weighted by atomic mass is 19.2. The molecule has 6 heteroatoms. The summed E-state index contributed by atoms with van der Waals surface area (Å²) in [5.41, 5.74) is 0.674. The molecule has 0 fully saturated rings. The van der Waals surface area contributed by atoms with Crippen LogP contribution in [0.3, 0.4) is 0 Å². The van der Waals surface area contributed by atoms with Gasteiger partial charge in [-0.25, -0.2) is 8.78 Å². The number of hydrogen-bond acceptors (Lipinski definition) is 3. The van der Waals surface area contributed by atoms with Crippen molar-refractivity contribution in [2.24, 2.45) is 0 Å². The molecule has 2 rings (SSSR count). The number of rotatable bonds is 5. The molecule has 0 aromatic heterocycles. The zero-order valence-corrected chi connectivity index (χ0v) is 12.6. The fourth-order valence-corrected chi connectivity index (χ4v) is 1.84. The average Bonchev–Trinajstić information content (AvgIpc) is 2.51. The van der Waals surface area contributed by atoms with Crippen molar-refractivity contribution in [2.75, 3.05) is 5.32 Å². The van der Waals surface area contributed by atoms with Gasteiger partial charge in [0.2, 0.25) is 0 Å².